The van der Waals surface area contributed by atoms with Crippen molar-refractivity contribution in [1.29, 1.82) is 0 Å². The van der Waals surface area contributed by atoms with Gasteiger partial charge in [0.1, 0.15) is 0 Å². The van der Waals surface area contributed by atoms with Gasteiger partial charge in [-0.05, 0) is 0 Å². The fourth-order valence-corrected chi connectivity index (χ4v) is 5.33. The first-order valence-corrected chi connectivity index (χ1v) is 10.4. The van der Waals surface area contributed by atoms with Crippen LogP contribution < -0.4 is 21.2 Å². The van der Waals surface area contributed by atoms with E-state index in [-0.39, 0.29) is 0 Å². The van der Waals surface area contributed by atoms with E-state index in [1.165, 1.54) is 12.1 Å². The van der Waals surface area contributed by atoms with Gasteiger partial charge >= 0.3 is 137 Å². The molecule has 0 aliphatic rings. The van der Waals surface area contributed by atoms with Crippen molar-refractivity contribution in [2.24, 2.45) is 0 Å². The minimum absolute atomic E-state index is 0.496. The van der Waals surface area contributed by atoms with Crippen molar-refractivity contribution in [3.63, 3.8) is 0 Å². The van der Waals surface area contributed by atoms with Gasteiger partial charge < -0.3 is 0 Å². The molecule has 0 nitrogen and oxygen atoms in total. The molecule has 124 valence electrons. The van der Waals surface area contributed by atoms with Gasteiger partial charge in [0.05, 0.1) is 0 Å². The Morgan fingerprint density at radius 1 is 0.773 bits per heavy atom. The molecule has 2 aromatic rings. The van der Waals surface area contributed by atoms with E-state index in [0.29, 0.717) is 15.7 Å². The summed E-state index contributed by atoms with van der Waals surface area (Å²) in [4.78, 5) is -1.83. The summed E-state index contributed by atoms with van der Waals surface area (Å²) in [6.45, 7) is 5.89. The van der Waals surface area contributed by atoms with Crippen molar-refractivity contribution in [1.82, 2.24) is 0 Å². The van der Waals surface area contributed by atoms with Crippen LogP contribution in [0.5, 0.6) is 0 Å². The zero-order valence-corrected chi connectivity index (χ0v) is 15.1. The fourth-order valence-electron chi connectivity index (χ4n) is 2.18. The molecule has 0 heterocycles. The van der Waals surface area contributed by atoms with E-state index in [1.807, 2.05) is 32.9 Å². The van der Waals surface area contributed by atoms with Gasteiger partial charge in [0.25, 0.3) is 0 Å². The molecule has 2 rings (SSSR count). The third-order valence-corrected chi connectivity index (χ3v) is 7.79. The topological polar surface area (TPSA) is 0 Å². The third-order valence-electron chi connectivity index (χ3n) is 3.04. The van der Waals surface area contributed by atoms with Gasteiger partial charge in [-0.2, -0.15) is 0 Å². The molecule has 0 atom stereocenters. The molecule has 2 aromatic carbocycles. The molecule has 22 heavy (non-hydrogen) atoms. The van der Waals surface area contributed by atoms with Crippen LogP contribution in [0.2, 0.25) is 0 Å². The summed E-state index contributed by atoms with van der Waals surface area (Å²) in [5.41, 5.74) is 3.29. The van der Waals surface area contributed by atoms with Crippen molar-refractivity contribution >= 4 is 10.2 Å². The number of rotatable bonds is 3. The predicted octanol–water partition coefficient (Wildman–Crippen LogP) is 3.40. The molecule has 0 bridgehead atoms. The van der Waals surface area contributed by atoms with Crippen LogP contribution >= 0.6 is 10.2 Å². The van der Waals surface area contributed by atoms with Crippen LogP contribution in [0.1, 0.15) is 16.7 Å². The molecule has 0 spiro atoms. The molecule has 0 N–H and O–H groups in total. The van der Waals surface area contributed by atoms with Crippen LogP contribution in [0.15, 0.2) is 41.3 Å². The van der Waals surface area contributed by atoms with Gasteiger partial charge in [0.15, 0.2) is 0 Å². The van der Waals surface area contributed by atoms with Crippen molar-refractivity contribution in [2.45, 2.75) is 25.7 Å². The van der Waals surface area contributed by atoms with Crippen LogP contribution in [0.4, 0.5) is 19.4 Å². The van der Waals surface area contributed by atoms with Gasteiger partial charge in [-0.1, -0.05) is 0 Å². The van der Waals surface area contributed by atoms with Gasteiger partial charge in [-0.25, -0.2) is 0 Å². The van der Waals surface area contributed by atoms with Gasteiger partial charge in [-0.15, -0.1) is 0 Å². The van der Waals surface area contributed by atoms with Gasteiger partial charge in [0.2, 0.25) is 0 Å². The molecule has 7 heteroatoms. The maximum atomic E-state index is 12.7. The molecule has 0 saturated carbocycles. The SMILES string of the molecule is Cc1cc(C)c([I-]c2ccc(S(F)(F)(F)(F)F)cc2)c(C)c1. The summed E-state index contributed by atoms with van der Waals surface area (Å²) in [5.74, 6) is 0. The average Bonchev–Trinajstić information content (AvgIpc) is 2.31. The van der Waals surface area contributed by atoms with E-state index in [9.17, 15) is 19.4 Å². The van der Waals surface area contributed by atoms with Crippen LogP contribution in [-0.4, -0.2) is 0 Å². The zero-order valence-electron chi connectivity index (χ0n) is 12.1. The Morgan fingerprint density at radius 3 is 1.64 bits per heavy atom. The van der Waals surface area contributed by atoms with Crippen LogP contribution in [-0.2, 0) is 0 Å². The second-order valence-corrected chi connectivity index (χ2v) is 10.5. The quantitative estimate of drug-likeness (QED) is 0.498. The minimum atomic E-state index is -9.57. The predicted molar refractivity (Wildman–Crippen MR) is 75.9 cm³/mol. The second kappa shape index (κ2) is 4.83. The second-order valence-electron chi connectivity index (χ2n) is 5.23. The van der Waals surface area contributed by atoms with Gasteiger partial charge in [-0.3, -0.25) is 0 Å². The van der Waals surface area contributed by atoms with E-state index < -0.39 is 36.3 Å². The van der Waals surface area contributed by atoms with E-state index >= 15 is 0 Å². The van der Waals surface area contributed by atoms with Crippen molar-refractivity contribution in [3.8, 4) is 0 Å². The average molecular weight is 449 g/mol. The summed E-state index contributed by atoms with van der Waals surface area (Å²) < 4.78 is 65.2. The number of hydrogen-bond acceptors (Lipinski definition) is 0. The molecule has 0 unspecified atom stereocenters. The Hall–Kier alpha value is -0.830. The van der Waals surface area contributed by atoms with E-state index in [1.54, 1.807) is 0 Å². The van der Waals surface area contributed by atoms with Crippen LogP contribution in [0.25, 0.3) is 0 Å². The third kappa shape index (κ3) is 4.13. The first-order chi connectivity index (χ1) is 9.76. The number of halogens is 6. The summed E-state index contributed by atoms with van der Waals surface area (Å²) in [6, 6.07) is 7.36. The fraction of sp³-hybridized carbons (Fsp3) is 0.200. The molecule has 0 radical (unpaired) electrons. The first-order valence-electron chi connectivity index (χ1n) is 6.33. The Labute approximate surface area is 136 Å². The maximum absolute atomic E-state index is 12.7. The van der Waals surface area contributed by atoms with E-state index in [0.717, 1.165) is 20.3 Å². The Bertz CT molecular complexity index is 697. The monoisotopic (exact) mass is 449 g/mol. The molecular weight excluding hydrogens is 434 g/mol. The normalized spacial score (nSPS) is 15.5. The molecular formula is C15H15F5IS-. The molecule has 0 fully saturated rings. The molecule has 0 aromatic heterocycles. The summed E-state index contributed by atoms with van der Waals surface area (Å²) in [6.07, 6.45) is 0. The Kier molecular flexibility index (Phi) is 3.85. The van der Waals surface area contributed by atoms with Gasteiger partial charge in [0, 0.05) is 0 Å². The van der Waals surface area contributed by atoms with Crippen molar-refractivity contribution in [3.05, 3.63) is 60.2 Å². The Balaban J connectivity index is 2.35. The summed E-state index contributed by atoms with van der Waals surface area (Å²) >= 11 is -0.710. The number of benzene rings is 2. The molecule has 0 aliphatic heterocycles. The van der Waals surface area contributed by atoms with Crippen LogP contribution in [0.3, 0.4) is 0 Å². The van der Waals surface area contributed by atoms with E-state index in [4.69, 9.17) is 0 Å². The van der Waals surface area contributed by atoms with Crippen molar-refractivity contribution < 1.29 is 40.6 Å². The standard InChI is InChI=1S/C15H15F5IS/c1-10-8-11(2)15(12(3)9-10)21-13-4-6-14(7-5-13)22(16,17,18,19)20/h4-9H,1-3H3/q-1. The van der Waals surface area contributed by atoms with Crippen LogP contribution in [0, 0.1) is 27.9 Å². The molecule has 0 aliphatic carbocycles. The molecule has 0 saturated heterocycles. The summed E-state index contributed by atoms with van der Waals surface area (Å²) in [5, 5.41) is 0. The van der Waals surface area contributed by atoms with E-state index in [2.05, 4.69) is 0 Å². The first kappa shape index (κ1) is 17.5. The Morgan fingerprint density at radius 2 is 1.23 bits per heavy atom. The summed E-state index contributed by atoms with van der Waals surface area (Å²) in [7, 11) is -9.57. The molecule has 0 amide bonds. The zero-order chi connectivity index (χ0) is 16.8. The number of aryl methyl sites for hydroxylation is 3. The van der Waals surface area contributed by atoms with Crippen molar-refractivity contribution in [2.75, 3.05) is 0 Å². The number of hydrogen-bond donors (Lipinski definition) is 0.